The number of ether oxygens (including phenoxy) is 1. The predicted octanol–water partition coefficient (Wildman–Crippen LogP) is 3.87. The van der Waals surface area contributed by atoms with Crippen molar-refractivity contribution < 1.29 is 4.74 Å². The van der Waals surface area contributed by atoms with Crippen molar-refractivity contribution >= 4 is 6.21 Å². The summed E-state index contributed by atoms with van der Waals surface area (Å²) in [4.78, 5) is 4.56. The van der Waals surface area contributed by atoms with Crippen molar-refractivity contribution in [3.05, 3.63) is 29.8 Å². The predicted molar refractivity (Wildman–Crippen MR) is 69.4 cm³/mol. The van der Waals surface area contributed by atoms with Gasteiger partial charge in [-0.2, -0.15) is 0 Å². The third-order valence-corrected chi connectivity index (χ3v) is 2.28. The molecular weight excluding hydrogens is 198 g/mol. The zero-order valence-electron chi connectivity index (χ0n) is 10.8. The minimum Gasteiger partial charge on any atom is -0.497 e. The first-order chi connectivity index (χ1) is 7.42. The Balaban J connectivity index is 2.73. The Labute approximate surface area is 98.4 Å². The van der Waals surface area contributed by atoms with Crippen LogP contribution in [0, 0.1) is 5.41 Å². The van der Waals surface area contributed by atoms with Gasteiger partial charge in [-0.25, -0.2) is 0 Å². The summed E-state index contributed by atoms with van der Waals surface area (Å²) in [7, 11) is 1.68. The molecule has 1 aromatic rings. The van der Waals surface area contributed by atoms with Crippen LogP contribution in [0.1, 0.15) is 39.3 Å². The molecule has 0 saturated heterocycles. The van der Waals surface area contributed by atoms with Gasteiger partial charge in [0.15, 0.2) is 0 Å². The second kappa shape index (κ2) is 5.15. The molecule has 2 nitrogen and oxygen atoms in total. The van der Waals surface area contributed by atoms with E-state index in [1.54, 1.807) is 7.11 Å². The first-order valence-corrected chi connectivity index (χ1v) is 5.60. The van der Waals surface area contributed by atoms with E-state index in [9.17, 15) is 0 Å². The van der Waals surface area contributed by atoms with Crippen molar-refractivity contribution in [1.82, 2.24) is 0 Å². The summed E-state index contributed by atoms with van der Waals surface area (Å²) in [6, 6.07) is 8.26. The van der Waals surface area contributed by atoms with Gasteiger partial charge >= 0.3 is 0 Å². The van der Waals surface area contributed by atoms with Crippen molar-refractivity contribution in [2.24, 2.45) is 10.4 Å². The van der Waals surface area contributed by atoms with Crippen molar-refractivity contribution in [2.45, 2.75) is 33.7 Å². The van der Waals surface area contributed by atoms with Crippen LogP contribution in [-0.2, 0) is 0 Å². The Hall–Kier alpha value is -1.31. The van der Waals surface area contributed by atoms with Crippen LogP contribution < -0.4 is 4.74 Å². The van der Waals surface area contributed by atoms with Crippen LogP contribution in [0.3, 0.4) is 0 Å². The van der Waals surface area contributed by atoms with Gasteiger partial charge < -0.3 is 4.74 Å². The first-order valence-electron chi connectivity index (χ1n) is 5.60. The molecule has 88 valence electrons. The fourth-order valence-electron chi connectivity index (χ4n) is 1.30. The number of rotatable bonds is 3. The van der Waals surface area contributed by atoms with Gasteiger partial charge in [-0.15, -0.1) is 0 Å². The highest BCUT2D eigenvalue weighted by molar-refractivity contribution is 5.64. The minimum absolute atomic E-state index is 0.140. The van der Waals surface area contributed by atoms with Crippen LogP contribution in [-0.4, -0.2) is 13.3 Å². The summed E-state index contributed by atoms with van der Waals surface area (Å²) in [5.41, 5.74) is 1.35. The Bertz CT molecular complexity index is 346. The molecule has 0 heterocycles. The van der Waals surface area contributed by atoms with E-state index in [1.807, 2.05) is 18.3 Å². The zero-order chi connectivity index (χ0) is 12.2. The monoisotopic (exact) mass is 219 g/mol. The molecule has 0 N–H and O–H groups in total. The number of aliphatic imine (C=N–C) groups is 1. The van der Waals surface area contributed by atoms with E-state index in [1.165, 1.54) is 5.56 Å². The van der Waals surface area contributed by atoms with Gasteiger partial charge in [0.2, 0.25) is 0 Å². The highest BCUT2D eigenvalue weighted by atomic mass is 16.5. The molecule has 1 rings (SSSR count). The van der Waals surface area contributed by atoms with Crippen molar-refractivity contribution in [3.8, 4) is 5.75 Å². The third-order valence-electron chi connectivity index (χ3n) is 2.28. The van der Waals surface area contributed by atoms with Crippen LogP contribution in [0.5, 0.6) is 5.75 Å². The summed E-state index contributed by atoms with van der Waals surface area (Å²) in [5, 5.41) is 0. The number of nitrogens with zero attached hydrogens (tertiary/aromatic N) is 1. The van der Waals surface area contributed by atoms with Crippen LogP contribution >= 0.6 is 0 Å². The van der Waals surface area contributed by atoms with Gasteiger partial charge in [-0.3, -0.25) is 4.99 Å². The van der Waals surface area contributed by atoms with E-state index in [0.29, 0.717) is 0 Å². The summed E-state index contributed by atoms with van der Waals surface area (Å²) < 4.78 is 5.12. The van der Waals surface area contributed by atoms with Crippen LogP contribution in [0.4, 0.5) is 0 Å². The molecule has 0 saturated carbocycles. The molecule has 16 heavy (non-hydrogen) atoms. The van der Waals surface area contributed by atoms with Gasteiger partial charge in [0.1, 0.15) is 5.75 Å². The lowest BCUT2D eigenvalue weighted by molar-refractivity contribution is 0.414. The van der Waals surface area contributed by atoms with Crippen LogP contribution in [0.15, 0.2) is 29.3 Å². The molecule has 0 spiro atoms. The fraction of sp³-hybridized carbons (Fsp3) is 0.500. The molecule has 1 atom stereocenters. The van der Waals surface area contributed by atoms with Gasteiger partial charge in [-0.05, 0) is 30.0 Å². The molecule has 1 aromatic carbocycles. The van der Waals surface area contributed by atoms with Gasteiger partial charge in [0.05, 0.1) is 13.2 Å². The largest absolute Gasteiger partial charge is 0.497 e. The quantitative estimate of drug-likeness (QED) is 0.707. The Morgan fingerprint density at radius 3 is 2.19 bits per heavy atom. The van der Waals surface area contributed by atoms with E-state index < -0.39 is 0 Å². The molecule has 0 aliphatic rings. The average molecular weight is 219 g/mol. The van der Waals surface area contributed by atoms with Crippen molar-refractivity contribution in [3.63, 3.8) is 0 Å². The number of hydrogen-bond donors (Lipinski definition) is 0. The van der Waals surface area contributed by atoms with Gasteiger partial charge in [0, 0.05) is 6.21 Å². The lowest BCUT2D eigenvalue weighted by atomic mass is 9.99. The Morgan fingerprint density at radius 1 is 1.19 bits per heavy atom. The smallest absolute Gasteiger partial charge is 0.118 e. The maximum absolute atomic E-state index is 5.12. The molecule has 0 aliphatic heterocycles. The summed E-state index contributed by atoms with van der Waals surface area (Å²) in [5.74, 6) is 0.885. The maximum Gasteiger partial charge on any atom is 0.118 e. The lowest BCUT2D eigenvalue weighted by Gasteiger charge is -2.13. The SMILES string of the molecule is COc1ccc(C(C)N=CC(C)(C)C)cc1. The third kappa shape index (κ3) is 4.05. The van der Waals surface area contributed by atoms with Crippen molar-refractivity contribution in [2.75, 3.05) is 7.11 Å². The Kier molecular flexibility index (Phi) is 4.11. The molecule has 0 amide bonds. The van der Waals surface area contributed by atoms with Crippen LogP contribution in [0.2, 0.25) is 0 Å². The van der Waals surface area contributed by atoms with Crippen molar-refractivity contribution in [1.29, 1.82) is 0 Å². The molecule has 2 heteroatoms. The Morgan fingerprint density at radius 2 is 1.75 bits per heavy atom. The summed E-state index contributed by atoms with van der Waals surface area (Å²) in [6.45, 7) is 8.55. The lowest BCUT2D eigenvalue weighted by Crippen LogP contribution is -2.07. The molecular formula is C14H21NO. The number of methoxy groups -OCH3 is 1. The second-order valence-corrected chi connectivity index (χ2v) is 5.09. The van der Waals surface area contributed by atoms with E-state index in [0.717, 1.165) is 5.75 Å². The second-order valence-electron chi connectivity index (χ2n) is 5.09. The molecule has 0 radical (unpaired) electrons. The normalized spacial score (nSPS) is 14.1. The molecule has 0 aromatic heterocycles. The zero-order valence-corrected chi connectivity index (χ0v) is 10.8. The van der Waals surface area contributed by atoms with Gasteiger partial charge in [-0.1, -0.05) is 32.9 Å². The van der Waals surface area contributed by atoms with E-state index in [4.69, 9.17) is 4.74 Å². The topological polar surface area (TPSA) is 21.6 Å². The molecule has 0 aliphatic carbocycles. The standard InChI is InChI=1S/C14H21NO/c1-11(15-10-14(2,3)4)12-6-8-13(16-5)9-7-12/h6-11H,1-5H3. The average Bonchev–Trinajstić information content (AvgIpc) is 2.25. The number of hydrogen-bond acceptors (Lipinski definition) is 2. The fourth-order valence-corrected chi connectivity index (χ4v) is 1.30. The minimum atomic E-state index is 0.140. The van der Waals surface area contributed by atoms with E-state index in [-0.39, 0.29) is 11.5 Å². The molecule has 0 bridgehead atoms. The number of benzene rings is 1. The molecule has 1 unspecified atom stereocenters. The highest BCUT2D eigenvalue weighted by Gasteiger charge is 2.07. The summed E-state index contributed by atoms with van der Waals surface area (Å²) >= 11 is 0. The highest BCUT2D eigenvalue weighted by Crippen LogP contribution is 2.21. The van der Waals surface area contributed by atoms with Crippen LogP contribution in [0.25, 0.3) is 0 Å². The molecule has 0 fully saturated rings. The first kappa shape index (κ1) is 12.8. The van der Waals surface area contributed by atoms with Gasteiger partial charge in [0.25, 0.3) is 0 Å². The maximum atomic E-state index is 5.12. The summed E-state index contributed by atoms with van der Waals surface area (Å²) in [6.07, 6.45) is 2.02. The van der Waals surface area contributed by atoms with E-state index >= 15 is 0 Å². The van der Waals surface area contributed by atoms with E-state index in [2.05, 4.69) is 44.8 Å².